The Kier molecular flexibility index (Phi) is 4.35. The third-order valence-electron chi connectivity index (χ3n) is 3.13. The topological polar surface area (TPSA) is 0 Å². The van der Waals surface area contributed by atoms with Crippen LogP contribution in [0, 0.1) is 0 Å². The van der Waals surface area contributed by atoms with Crippen molar-refractivity contribution in [1.29, 1.82) is 0 Å². The summed E-state index contributed by atoms with van der Waals surface area (Å²) < 4.78 is 1.02. The van der Waals surface area contributed by atoms with Gasteiger partial charge in [-0.2, -0.15) is 0 Å². The van der Waals surface area contributed by atoms with Gasteiger partial charge in [-0.25, -0.2) is 0 Å². The maximum Gasteiger partial charge on any atom is 0.0457 e. The number of halogens is 2. The summed E-state index contributed by atoms with van der Waals surface area (Å²) >= 11 is 11.5. The van der Waals surface area contributed by atoms with Crippen molar-refractivity contribution in [2.45, 2.75) is 10.6 Å². The Morgan fingerprint density at radius 3 is 2.50 bits per heavy atom. The average Bonchev–Trinajstić information content (AvgIpc) is 2.46. The molecule has 0 aliphatic carbocycles. The van der Waals surface area contributed by atoms with E-state index in [2.05, 4.69) is 64.5 Å². The van der Waals surface area contributed by atoms with Crippen molar-refractivity contribution in [2.75, 3.05) is 0 Å². The van der Waals surface area contributed by atoms with E-state index in [0.29, 0.717) is 0 Å². The first-order valence-electron chi connectivity index (χ1n) is 6.28. The van der Waals surface area contributed by atoms with Gasteiger partial charge in [-0.15, -0.1) is 11.8 Å². The standard InChI is InChI=1S/C17H12BrClS/c18-15-7-5-14(17(19)10-15)11-20-16-8-6-12-3-1-2-4-13(12)9-16/h1-10H,11H2. The molecule has 0 N–H and O–H groups in total. The molecule has 20 heavy (non-hydrogen) atoms. The minimum Gasteiger partial charge on any atom is -0.121 e. The van der Waals surface area contributed by atoms with Gasteiger partial charge in [-0.1, -0.05) is 63.9 Å². The molecule has 0 saturated carbocycles. The van der Waals surface area contributed by atoms with Gasteiger partial charge in [0.15, 0.2) is 0 Å². The molecule has 0 saturated heterocycles. The van der Waals surface area contributed by atoms with Crippen molar-refractivity contribution in [2.24, 2.45) is 0 Å². The van der Waals surface area contributed by atoms with E-state index < -0.39 is 0 Å². The summed E-state index contributed by atoms with van der Waals surface area (Å²) in [6, 6.07) is 21.0. The molecule has 0 amide bonds. The van der Waals surface area contributed by atoms with Crippen molar-refractivity contribution in [3.05, 3.63) is 75.7 Å². The zero-order valence-electron chi connectivity index (χ0n) is 10.6. The van der Waals surface area contributed by atoms with Crippen molar-refractivity contribution in [1.82, 2.24) is 0 Å². The lowest BCUT2D eigenvalue weighted by molar-refractivity contribution is 1.38. The van der Waals surface area contributed by atoms with E-state index in [1.807, 2.05) is 23.9 Å². The first-order chi connectivity index (χ1) is 9.72. The van der Waals surface area contributed by atoms with Gasteiger partial charge in [0.05, 0.1) is 0 Å². The second-order valence-corrected chi connectivity index (χ2v) is 6.90. The first-order valence-corrected chi connectivity index (χ1v) is 8.43. The summed E-state index contributed by atoms with van der Waals surface area (Å²) in [7, 11) is 0. The number of fused-ring (bicyclic) bond motifs is 1. The fraction of sp³-hybridized carbons (Fsp3) is 0.0588. The molecule has 0 atom stereocenters. The average molecular weight is 364 g/mol. The van der Waals surface area contributed by atoms with Gasteiger partial charge in [0.1, 0.15) is 0 Å². The summed E-state index contributed by atoms with van der Waals surface area (Å²) in [6.07, 6.45) is 0. The highest BCUT2D eigenvalue weighted by Crippen LogP contribution is 2.30. The lowest BCUT2D eigenvalue weighted by Gasteiger charge is -2.06. The molecule has 0 bridgehead atoms. The van der Waals surface area contributed by atoms with Gasteiger partial charge in [-0.3, -0.25) is 0 Å². The Morgan fingerprint density at radius 2 is 1.70 bits per heavy atom. The van der Waals surface area contributed by atoms with Crippen LogP contribution in [0.25, 0.3) is 10.8 Å². The number of hydrogen-bond donors (Lipinski definition) is 0. The summed E-state index contributed by atoms with van der Waals surface area (Å²) in [4.78, 5) is 1.27. The number of rotatable bonds is 3. The SMILES string of the molecule is Clc1cc(Br)ccc1CSc1ccc2ccccc2c1. The smallest absolute Gasteiger partial charge is 0.0457 e. The molecule has 3 rings (SSSR count). The zero-order chi connectivity index (χ0) is 13.9. The van der Waals surface area contributed by atoms with Gasteiger partial charge in [0.2, 0.25) is 0 Å². The Hall–Kier alpha value is -0.960. The summed E-state index contributed by atoms with van der Waals surface area (Å²) in [6.45, 7) is 0. The highest BCUT2D eigenvalue weighted by atomic mass is 79.9. The van der Waals surface area contributed by atoms with Crippen molar-refractivity contribution >= 4 is 50.1 Å². The van der Waals surface area contributed by atoms with Crippen molar-refractivity contribution < 1.29 is 0 Å². The highest BCUT2D eigenvalue weighted by molar-refractivity contribution is 9.10. The van der Waals surface area contributed by atoms with Crippen molar-refractivity contribution in [3.63, 3.8) is 0 Å². The minimum absolute atomic E-state index is 0.813. The molecule has 0 fully saturated rings. The van der Waals surface area contributed by atoms with Gasteiger partial charge < -0.3 is 0 Å². The molecule has 0 heterocycles. The number of hydrogen-bond acceptors (Lipinski definition) is 1. The monoisotopic (exact) mass is 362 g/mol. The van der Waals surface area contributed by atoms with Gasteiger partial charge >= 0.3 is 0 Å². The van der Waals surface area contributed by atoms with Crippen LogP contribution in [0.3, 0.4) is 0 Å². The summed E-state index contributed by atoms with van der Waals surface area (Å²) in [5.41, 5.74) is 1.16. The third kappa shape index (κ3) is 3.20. The Balaban J connectivity index is 1.79. The molecule has 3 heteroatoms. The number of thioether (sulfide) groups is 1. The van der Waals surface area contributed by atoms with E-state index in [-0.39, 0.29) is 0 Å². The highest BCUT2D eigenvalue weighted by Gasteiger charge is 2.03. The van der Waals surface area contributed by atoms with Crippen LogP contribution in [0.1, 0.15) is 5.56 Å². The van der Waals surface area contributed by atoms with E-state index in [4.69, 9.17) is 11.6 Å². The lowest BCUT2D eigenvalue weighted by atomic mass is 10.1. The molecule has 3 aromatic rings. The predicted octanol–water partition coefficient (Wildman–Crippen LogP) is 6.55. The van der Waals surface area contributed by atoms with Crippen LogP contribution < -0.4 is 0 Å². The largest absolute Gasteiger partial charge is 0.121 e. The maximum absolute atomic E-state index is 6.25. The molecule has 0 radical (unpaired) electrons. The van der Waals surface area contributed by atoms with Gasteiger partial charge in [-0.05, 0) is 40.6 Å². The van der Waals surface area contributed by atoms with Crippen molar-refractivity contribution in [3.8, 4) is 0 Å². The molecule has 0 spiro atoms. The van der Waals surface area contributed by atoms with Crippen LogP contribution in [0.5, 0.6) is 0 Å². The first kappa shape index (κ1) is 14.0. The van der Waals surface area contributed by atoms with Crippen LogP contribution in [0.2, 0.25) is 5.02 Å². The lowest BCUT2D eigenvalue weighted by Crippen LogP contribution is -1.83. The minimum atomic E-state index is 0.813. The fourth-order valence-electron chi connectivity index (χ4n) is 2.06. The van der Waals surface area contributed by atoms with Crippen LogP contribution in [-0.4, -0.2) is 0 Å². The van der Waals surface area contributed by atoms with E-state index in [0.717, 1.165) is 20.8 Å². The quantitative estimate of drug-likeness (QED) is 0.475. The van der Waals surface area contributed by atoms with E-state index in [1.165, 1.54) is 15.7 Å². The zero-order valence-corrected chi connectivity index (χ0v) is 13.8. The second-order valence-electron chi connectivity index (χ2n) is 4.53. The van der Waals surface area contributed by atoms with Crippen LogP contribution in [0.15, 0.2) is 70.0 Å². The van der Waals surface area contributed by atoms with E-state index in [1.54, 1.807) is 0 Å². The van der Waals surface area contributed by atoms with E-state index in [9.17, 15) is 0 Å². The van der Waals surface area contributed by atoms with Crippen LogP contribution >= 0.6 is 39.3 Å². The molecular formula is C17H12BrClS. The van der Waals surface area contributed by atoms with Crippen LogP contribution in [0.4, 0.5) is 0 Å². The molecule has 0 aliphatic heterocycles. The second kappa shape index (κ2) is 6.21. The van der Waals surface area contributed by atoms with Crippen LogP contribution in [-0.2, 0) is 5.75 Å². The third-order valence-corrected chi connectivity index (χ3v) is 5.02. The molecule has 0 unspecified atom stereocenters. The molecular weight excluding hydrogens is 352 g/mol. The molecule has 0 nitrogen and oxygen atoms in total. The Morgan fingerprint density at radius 1 is 0.900 bits per heavy atom. The predicted molar refractivity (Wildman–Crippen MR) is 92.7 cm³/mol. The summed E-state index contributed by atoms with van der Waals surface area (Å²) in [5, 5.41) is 3.37. The Bertz CT molecular complexity index is 755. The molecule has 3 aromatic carbocycles. The maximum atomic E-state index is 6.25. The molecule has 0 aromatic heterocycles. The fourth-order valence-corrected chi connectivity index (χ4v) is 3.82. The molecule has 0 aliphatic rings. The Labute approximate surface area is 136 Å². The van der Waals surface area contributed by atoms with Gasteiger partial charge in [0, 0.05) is 20.1 Å². The molecule has 100 valence electrons. The number of benzene rings is 3. The van der Waals surface area contributed by atoms with E-state index >= 15 is 0 Å². The normalized spacial score (nSPS) is 10.9. The summed E-state index contributed by atoms with van der Waals surface area (Å²) in [5.74, 6) is 0.879. The van der Waals surface area contributed by atoms with Gasteiger partial charge in [0.25, 0.3) is 0 Å².